The lowest BCUT2D eigenvalue weighted by molar-refractivity contribution is 0.138. The van der Waals surface area contributed by atoms with Crippen LogP contribution in [0.15, 0.2) is 35.7 Å². The summed E-state index contributed by atoms with van der Waals surface area (Å²) < 4.78 is 2.05. The van der Waals surface area contributed by atoms with Crippen LogP contribution in [-0.2, 0) is 6.54 Å². The summed E-state index contributed by atoms with van der Waals surface area (Å²) in [6.07, 6.45) is 4.10. The van der Waals surface area contributed by atoms with Crippen molar-refractivity contribution in [1.29, 1.82) is 0 Å². The number of nitrogens with two attached hydrogens (primary N) is 1. The smallest absolute Gasteiger partial charge is 0.153 e. The summed E-state index contributed by atoms with van der Waals surface area (Å²) in [6, 6.07) is 6.01. The van der Waals surface area contributed by atoms with Gasteiger partial charge in [-0.25, -0.2) is 4.98 Å². The van der Waals surface area contributed by atoms with E-state index in [4.69, 9.17) is 10.9 Å². The fraction of sp³-hybridized carbons (Fsp3) is 0.429. The molecule has 3 N–H and O–H groups in total. The van der Waals surface area contributed by atoms with Crippen LogP contribution >= 0.6 is 0 Å². The molecule has 2 aromatic rings. The molecule has 0 unspecified atom stereocenters. The van der Waals surface area contributed by atoms with Gasteiger partial charge in [0, 0.05) is 45.1 Å². The Morgan fingerprint density at radius 1 is 1.24 bits per heavy atom. The number of fused-ring (bicyclic) bond motifs is 1. The zero-order valence-corrected chi connectivity index (χ0v) is 11.9. The first-order valence-corrected chi connectivity index (χ1v) is 7.08. The lowest BCUT2D eigenvalue weighted by Crippen LogP contribution is -2.48. The van der Waals surface area contributed by atoms with Crippen LogP contribution in [-0.4, -0.2) is 63.0 Å². The molecular formula is C14H20N6O. The van der Waals surface area contributed by atoms with E-state index in [1.807, 2.05) is 28.8 Å². The SMILES string of the molecule is NC(CN1CCN(Cc2cn3ccccc3n2)CC1)=NO. The van der Waals surface area contributed by atoms with E-state index in [0.717, 1.165) is 44.1 Å². The Hall–Kier alpha value is -2.12. The van der Waals surface area contributed by atoms with E-state index >= 15 is 0 Å². The Labute approximate surface area is 123 Å². The van der Waals surface area contributed by atoms with Crippen molar-refractivity contribution in [2.75, 3.05) is 32.7 Å². The summed E-state index contributed by atoms with van der Waals surface area (Å²) in [5.41, 5.74) is 7.61. The second-order valence-electron chi connectivity index (χ2n) is 5.34. The monoisotopic (exact) mass is 288 g/mol. The Balaban J connectivity index is 1.55. The number of nitrogens with zero attached hydrogens (tertiary/aromatic N) is 5. The molecule has 0 amide bonds. The summed E-state index contributed by atoms with van der Waals surface area (Å²) >= 11 is 0. The predicted molar refractivity (Wildman–Crippen MR) is 80.3 cm³/mol. The lowest BCUT2D eigenvalue weighted by Gasteiger charge is -2.33. The maximum Gasteiger partial charge on any atom is 0.153 e. The van der Waals surface area contributed by atoms with E-state index in [1.54, 1.807) is 0 Å². The molecule has 0 aliphatic carbocycles. The molecule has 0 spiro atoms. The number of imidazole rings is 1. The van der Waals surface area contributed by atoms with Gasteiger partial charge in [-0.2, -0.15) is 0 Å². The molecule has 2 aromatic heterocycles. The van der Waals surface area contributed by atoms with Crippen molar-refractivity contribution < 1.29 is 5.21 Å². The maximum atomic E-state index is 8.60. The van der Waals surface area contributed by atoms with Crippen molar-refractivity contribution in [3.8, 4) is 0 Å². The second kappa shape index (κ2) is 6.11. The van der Waals surface area contributed by atoms with Crippen LogP contribution in [0.1, 0.15) is 5.69 Å². The van der Waals surface area contributed by atoms with Gasteiger partial charge in [0.25, 0.3) is 0 Å². The molecule has 112 valence electrons. The van der Waals surface area contributed by atoms with Gasteiger partial charge in [-0.3, -0.25) is 9.80 Å². The van der Waals surface area contributed by atoms with E-state index in [1.165, 1.54) is 0 Å². The first-order valence-electron chi connectivity index (χ1n) is 7.08. The fourth-order valence-corrected chi connectivity index (χ4v) is 2.66. The quantitative estimate of drug-likeness (QED) is 0.363. The standard InChI is InChI=1S/C14H20N6O/c15-13(17-21)11-19-7-5-18(6-8-19)9-12-10-20-4-2-1-3-14(20)16-12/h1-4,10,21H,5-9,11H2,(H2,15,17). The molecular weight excluding hydrogens is 268 g/mol. The molecule has 3 heterocycles. The van der Waals surface area contributed by atoms with Crippen molar-refractivity contribution in [1.82, 2.24) is 19.2 Å². The second-order valence-corrected chi connectivity index (χ2v) is 5.34. The van der Waals surface area contributed by atoms with Crippen molar-refractivity contribution in [3.05, 3.63) is 36.3 Å². The van der Waals surface area contributed by atoms with Crippen LogP contribution in [0.5, 0.6) is 0 Å². The third kappa shape index (κ3) is 3.32. The van der Waals surface area contributed by atoms with Gasteiger partial charge < -0.3 is 15.3 Å². The summed E-state index contributed by atoms with van der Waals surface area (Å²) in [5.74, 6) is 0.267. The van der Waals surface area contributed by atoms with Gasteiger partial charge in [-0.1, -0.05) is 11.2 Å². The number of pyridine rings is 1. The van der Waals surface area contributed by atoms with E-state index in [0.29, 0.717) is 6.54 Å². The number of amidine groups is 1. The Kier molecular flexibility index (Phi) is 4.03. The first kappa shape index (κ1) is 13.8. The molecule has 0 aromatic carbocycles. The molecule has 7 nitrogen and oxygen atoms in total. The largest absolute Gasteiger partial charge is 0.409 e. The van der Waals surface area contributed by atoms with Gasteiger partial charge in [0.1, 0.15) is 5.65 Å². The molecule has 0 atom stereocenters. The minimum atomic E-state index is 0.267. The molecule has 1 aliphatic rings. The highest BCUT2D eigenvalue weighted by molar-refractivity contribution is 5.81. The number of oxime groups is 1. The maximum absolute atomic E-state index is 8.60. The predicted octanol–water partition coefficient (Wildman–Crippen LogP) is 0.198. The number of hydrogen-bond acceptors (Lipinski definition) is 5. The average Bonchev–Trinajstić information content (AvgIpc) is 2.91. The molecule has 0 bridgehead atoms. The van der Waals surface area contributed by atoms with E-state index in [-0.39, 0.29) is 5.84 Å². The Morgan fingerprint density at radius 2 is 2.00 bits per heavy atom. The number of rotatable bonds is 4. The van der Waals surface area contributed by atoms with Gasteiger partial charge in [-0.05, 0) is 12.1 Å². The number of aromatic nitrogens is 2. The van der Waals surface area contributed by atoms with Crippen LogP contribution in [0.25, 0.3) is 5.65 Å². The molecule has 1 saturated heterocycles. The van der Waals surface area contributed by atoms with Gasteiger partial charge in [0.05, 0.1) is 12.2 Å². The molecule has 0 saturated carbocycles. The molecule has 1 fully saturated rings. The summed E-state index contributed by atoms with van der Waals surface area (Å²) in [7, 11) is 0. The molecule has 1 aliphatic heterocycles. The van der Waals surface area contributed by atoms with Crippen molar-refractivity contribution >= 4 is 11.5 Å². The minimum absolute atomic E-state index is 0.267. The van der Waals surface area contributed by atoms with Gasteiger partial charge >= 0.3 is 0 Å². The van der Waals surface area contributed by atoms with Gasteiger partial charge in [-0.15, -0.1) is 0 Å². The summed E-state index contributed by atoms with van der Waals surface area (Å²) in [6.45, 7) is 5.16. The van der Waals surface area contributed by atoms with E-state index < -0.39 is 0 Å². The van der Waals surface area contributed by atoms with Crippen LogP contribution < -0.4 is 5.73 Å². The molecule has 7 heteroatoms. The highest BCUT2D eigenvalue weighted by Crippen LogP contribution is 2.09. The van der Waals surface area contributed by atoms with Gasteiger partial charge in [0.15, 0.2) is 5.84 Å². The summed E-state index contributed by atoms with van der Waals surface area (Å²) in [5, 5.41) is 11.6. The highest BCUT2D eigenvalue weighted by Gasteiger charge is 2.18. The highest BCUT2D eigenvalue weighted by atomic mass is 16.4. The van der Waals surface area contributed by atoms with E-state index in [2.05, 4.69) is 26.1 Å². The van der Waals surface area contributed by atoms with Crippen molar-refractivity contribution in [2.45, 2.75) is 6.54 Å². The van der Waals surface area contributed by atoms with Gasteiger partial charge in [0.2, 0.25) is 0 Å². The third-order valence-corrected chi connectivity index (χ3v) is 3.78. The third-order valence-electron chi connectivity index (χ3n) is 3.78. The summed E-state index contributed by atoms with van der Waals surface area (Å²) in [4.78, 5) is 9.19. The molecule has 3 rings (SSSR count). The van der Waals surface area contributed by atoms with Crippen LogP contribution in [0, 0.1) is 0 Å². The van der Waals surface area contributed by atoms with E-state index in [9.17, 15) is 0 Å². The average molecular weight is 288 g/mol. The topological polar surface area (TPSA) is 82.4 Å². The number of hydrogen-bond donors (Lipinski definition) is 2. The van der Waals surface area contributed by atoms with Crippen molar-refractivity contribution in [3.63, 3.8) is 0 Å². The first-order chi connectivity index (χ1) is 10.2. The Morgan fingerprint density at radius 3 is 2.71 bits per heavy atom. The number of piperazine rings is 1. The van der Waals surface area contributed by atoms with Crippen LogP contribution in [0.3, 0.4) is 0 Å². The normalized spacial score (nSPS) is 18.4. The lowest BCUT2D eigenvalue weighted by atomic mass is 10.3. The fourth-order valence-electron chi connectivity index (χ4n) is 2.66. The zero-order chi connectivity index (χ0) is 14.7. The van der Waals surface area contributed by atoms with Crippen LogP contribution in [0.2, 0.25) is 0 Å². The van der Waals surface area contributed by atoms with Crippen molar-refractivity contribution in [2.24, 2.45) is 10.9 Å². The Bertz CT molecular complexity index is 596. The molecule has 0 radical (unpaired) electrons. The minimum Gasteiger partial charge on any atom is -0.409 e. The zero-order valence-electron chi connectivity index (χ0n) is 11.9. The molecule has 21 heavy (non-hydrogen) atoms. The van der Waals surface area contributed by atoms with Crippen LogP contribution in [0.4, 0.5) is 0 Å².